The number of amides is 1. The van der Waals surface area contributed by atoms with Gasteiger partial charge < -0.3 is 9.84 Å². The minimum Gasteiger partial charge on any atom is -0.407 e. The molecule has 1 N–H and O–H groups in total. The molecule has 4 rings (SSSR count). The zero-order chi connectivity index (χ0) is 17.8. The Morgan fingerprint density at radius 1 is 1.16 bits per heavy atom. The van der Waals surface area contributed by atoms with Crippen molar-refractivity contribution >= 4 is 27.7 Å². The van der Waals surface area contributed by atoms with Gasteiger partial charge in [0.2, 0.25) is 0 Å². The molecule has 2 aromatic rings. The molecule has 0 bridgehead atoms. The lowest BCUT2D eigenvalue weighted by Crippen LogP contribution is -2.51. The summed E-state index contributed by atoms with van der Waals surface area (Å²) in [5.74, 6) is 0.175. The summed E-state index contributed by atoms with van der Waals surface area (Å²) < 4.78 is 31.8. The number of fused-ring (bicyclic) bond motifs is 2. The van der Waals surface area contributed by atoms with Crippen molar-refractivity contribution in [1.29, 1.82) is 0 Å². The van der Waals surface area contributed by atoms with Crippen LogP contribution in [0.1, 0.15) is 5.56 Å². The summed E-state index contributed by atoms with van der Waals surface area (Å²) in [7, 11) is -2.56. The van der Waals surface area contributed by atoms with Gasteiger partial charge in [0, 0.05) is 18.8 Å². The van der Waals surface area contributed by atoms with Crippen LogP contribution in [0.25, 0.3) is 5.76 Å². The van der Waals surface area contributed by atoms with E-state index in [2.05, 4.69) is 4.98 Å². The van der Waals surface area contributed by atoms with Gasteiger partial charge >= 0.3 is 6.09 Å². The molecule has 0 spiro atoms. The number of hydrogen-bond acceptors (Lipinski definition) is 6. The van der Waals surface area contributed by atoms with Gasteiger partial charge in [-0.25, -0.2) is 23.1 Å². The molecule has 9 heteroatoms. The second-order valence-electron chi connectivity index (χ2n) is 5.48. The summed E-state index contributed by atoms with van der Waals surface area (Å²) in [6.45, 7) is 0. The number of hydrogen-bond donors (Lipinski definition) is 1. The summed E-state index contributed by atoms with van der Waals surface area (Å²) in [5, 5.41) is 10.7. The number of benzene rings is 1. The van der Waals surface area contributed by atoms with Crippen molar-refractivity contribution in [3.05, 3.63) is 59.9 Å². The average molecular weight is 359 g/mol. The van der Waals surface area contributed by atoms with E-state index in [9.17, 15) is 18.3 Å². The zero-order valence-electron chi connectivity index (χ0n) is 13.0. The number of likely N-dealkylation sites (N-methyl/N-ethyl adjacent to an activating group) is 1. The molecular formula is C16H13N3O5S. The van der Waals surface area contributed by atoms with Crippen molar-refractivity contribution in [1.82, 2.24) is 9.29 Å². The molecule has 0 fully saturated rings. The van der Waals surface area contributed by atoms with Gasteiger partial charge in [-0.1, -0.05) is 18.2 Å². The maximum absolute atomic E-state index is 12.7. The highest BCUT2D eigenvalue weighted by Crippen LogP contribution is 2.41. The zero-order valence-corrected chi connectivity index (χ0v) is 13.8. The number of ether oxygens (including phenoxy) is 1. The minimum absolute atomic E-state index is 0.0162. The number of pyridine rings is 1. The van der Waals surface area contributed by atoms with E-state index in [0.717, 1.165) is 9.21 Å². The summed E-state index contributed by atoms with van der Waals surface area (Å²) >= 11 is 0. The molecule has 25 heavy (non-hydrogen) atoms. The highest BCUT2D eigenvalue weighted by atomic mass is 32.2. The van der Waals surface area contributed by atoms with E-state index in [1.807, 2.05) is 0 Å². The Morgan fingerprint density at radius 2 is 1.88 bits per heavy atom. The first-order valence-electron chi connectivity index (χ1n) is 7.35. The number of sulfonamides is 1. The molecule has 0 saturated carbocycles. The molecule has 1 aromatic heterocycles. The standard InChI is InChI=1S/C16H13N3O5S/c1-18-13-14(10-6-2-3-7-11(10)25(18,22)23)24-16(21)19(15(13)20)12-8-4-5-9-17-12/h2-9,15,20H,1H3. The van der Waals surface area contributed by atoms with E-state index in [0.29, 0.717) is 0 Å². The number of rotatable bonds is 1. The van der Waals surface area contributed by atoms with Crippen molar-refractivity contribution in [3.63, 3.8) is 0 Å². The Balaban J connectivity index is 1.93. The molecule has 2 aliphatic heterocycles. The predicted octanol–water partition coefficient (Wildman–Crippen LogP) is 1.36. The normalized spacial score (nSPS) is 21.5. The lowest BCUT2D eigenvalue weighted by molar-refractivity contribution is 0.136. The van der Waals surface area contributed by atoms with Crippen LogP contribution in [0.15, 0.2) is 59.3 Å². The monoisotopic (exact) mass is 359 g/mol. The molecule has 3 heterocycles. The maximum atomic E-state index is 12.7. The molecule has 1 aromatic carbocycles. The van der Waals surface area contributed by atoms with Gasteiger partial charge in [0.15, 0.2) is 12.0 Å². The molecule has 0 saturated heterocycles. The molecule has 1 unspecified atom stereocenters. The second kappa shape index (κ2) is 5.30. The quantitative estimate of drug-likeness (QED) is 0.825. The number of aliphatic hydroxyl groups is 1. The van der Waals surface area contributed by atoms with Crippen molar-refractivity contribution in [3.8, 4) is 0 Å². The Labute approximate surface area is 143 Å². The van der Waals surface area contributed by atoms with Crippen molar-refractivity contribution in [2.75, 3.05) is 11.9 Å². The SMILES string of the molecule is CN1C2=C(OC(=O)N(c3ccccn3)C2O)c2ccccc2S1(=O)=O. The number of aromatic nitrogens is 1. The first-order chi connectivity index (χ1) is 11.9. The maximum Gasteiger partial charge on any atom is 0.423 e. The molecule has 0 aliphatic carbocycles. The largest absolute Gasteiger partial charge is 0.423 e. The van der Waals surface area contributed by atoms with E-state index in [1.165, 1.54) is 31.4 Å². The van der Waals surface area contributed by atoms with E-state index in [1.54, 1.807) is 24.3 Å². The highest BCUT2D eigenvalue weighted by molar-refractivity contribution is 7.89. The van der Waals surface area contributed by atoms with Gasteiger partial charge in [-0.15, -0.1) is 0 Å². The first-order valence-corrected chi connectivity index (χ1v) is 8.79. The van der Waals surface area contributed by atoms with Crippen LogP contribution in [0.3, 0.4) is 0 Å². The Kier molecular flexibility index (Phi) is 3.31. The highest BCUT2D eigenvalue weighted by Gasteiger charge is 2.46. The van der Waals surface area contributed by atoms with E-state index in [4.69, 9.17) is 4.74 Å². The number of carbonyl (C=O) groups excluding carboxylic acids is 1. The third-order valence-electron chi connectivity index (χ3n) is 4.11. The van der Waals surface area contributed by atoms with Gasteiger partial charge in [0.05, 0.1) is 4.90 Å². The summed E-state index contributed by atoms with van der Waals surface area (Å²) in [6, 6.07) is 11.0. The van der Waals surface area contributed by atoms with Crippen molar-refractivity contribution in [2.45, 2.75) is 11.1 Å². The van der Waals surface area contributed by atoms with Gasteiger partial charge in [-0.2, -0.15) is 0 Å². The first kappa shape index (κ1) is 15.6. The van der Waals surface area contributed by atoms with Gasteiger partial charge in [0.25, 0.3) is 10.0 Å². The van der Waals surface area contributed by atoms with Crippen molar-refractivity contribution in [2.24, 2.45) is 0 Å². The Bertz CT molecular complexity index is 1000. The summed E-state index contributed by atoms with van der Waals surface area (Å²) in [6.07, 6.45) is -0.942. The van der Waals surface area contributed by atoms with Gasteiger partial charge in [0.1, 0.15) is 11.5 Å². The molecule has 1 amide bonds. The van der Waals surface area contributed by atoms with Crippen molar-refractivity contribution < 1.29 is 23.1 Å². The topological polar surface area (TPSA) is 100 Å². The van der Waals surface area contributed by atoms with Crippen LogP contribution < -0.4 is 4.90 Å². The minimum atomic E-state index is -3.87. The van der Waals surface area contributed by atoms with Crippen LogP contribution in [0.5, 0.6) is 0 Å². The predicted molar refractivity (Wildman–Crippen MR) is 87.5 cm³/mol. The number of carbonyl (C=O) groups is 1. The Hall–Kier alpha value is -2.91. The Morgan fingerprint density at radius 3 is 2.60 bits per heavy atom. The lowest BCUT2D eigenvalue weighted by atomic mass is 10.1. The fourth-order valence-corrected chi connectivity index (χ4v) is 4.32. The molecule has 128 valence electrons. The lowest BCUT2D eigenvalue weighted by Gasteiger charge is -2.39. The van der Waals surface area contributed by atoms with Gasteiger partial charge in [-0.3, -0.25) is 4.31 Å². The van der Waals surface area contributed by atoms with Crippen LogP contribution in [0, 0.1) is 0 Å². The average Bonchev–Trinajstić information content (AvgIpc) is 2.61. The van der Waals surface area contributed by atoms with Crippen LogP contribution in [-0.2, 0) is 14.8 Å². The number of aliphatic hydroxyl groups excluding tert-OH is 1. The summed E-state index contributed by atoms with van der Waals surface area (Å²) in [5.41, 5.74) is 0.202. The van der Waals surface area contributed by atoms with Crippen LogP contribution in [0.4, 0.5) is 10.6 Å². The fraction of sp³-hybridized carbons (Fsp3) is 0.125. The van der Waals surface area contributed by atoms with E-state index in [-0.39, 0.29) is 27.7 Å². The van der Waals surface area contributed by atoms with E-state index < -0.39 is 22.3 Å². The van der Waals surface area contributed by atoms with Crippen LogP contribution in [-0.4, -0.2) is 42.2 Å². The smallest absolute Gasteiger partial charge is 0.407 e. The molecule has 2 aliphatic rings. The third kappa shape index (κ3) is 2.13. The van der Waals surface area contributed by atoms with Crippen LogP contribution in [0.2, 0.25) is 0 Å². The van der Waals surface area contributed by atoms with E-state index >= 15 is 0 Å². The molecule has 0 radical (unpaired) electrons. The summed E-state index contributed by atoms with van der Waals surface area (Å²) in [4.78, 5) is 17.4. The third-order valence-corrected chi connectivity index (χ3v) is 5.94. The second-order valence-corrected chi connectivity index (χ2v) is 7.42. The number of nitrogens with zero attached hydrogens (tertiary/aromatic N) is 3. The number of anilines is 1. The molecule has 8 nitrogen and oxygen atoms in total. The molecular weight excluding hydrogens is 346 g/mol. The van der Waals surface area contributed by atoms with Crippen LogP contribution >= 0.6 is 0 Å². The molecule has 1 atom stereocenters. The fourth-order valence-electron chi connectivity index (χ4n) is 2.90. The van der Waals surface area contributed by atoms with Gasteiger partial charge in [-0.05, 0) is 24.3 Å².